The fraction of sp³-hybridized carbons (Fsp3) is 0.0625. The van der Waals surface area contributed by atoms with Gasteiger partial charge in [-0.3, -0.25) is 4.98 Å². The zero-order chi connectivity index (χ0) is 14.2. The minimum atomic E-state index is 0.507. The molecule has 21 heavy (non-hydrogen) atoms. The van der Waals surface area contributed by atoms with Gasteiger partial charge in [-0.1, -0.05) is 6.07 Å². The van der Waals surface area contributed by atoms with Crippen LogP contribution in [0.3, 0.4) is 0 Å². The molecular weight excluding hydrogens is 266 g/mol. The van der Waals surface area contributed by atoms with Crippen LogP contribution in [0.1, 0.15) is 5.89 Å². The molecule has 102 valence electrons. The first-order chi connectivity index (χ1) is 10.3. The largest absolute Gasteiger partial charge is 0.464 e. The maximum atomic E-state index is 5.61. The van der Waals surface area contributed by atoms with Crippen LogP contribution in [0, 0.1) is 6.92 Å². The van der Waals surface area contributed by atoms with Gasteiger partial charge in [-0.05, 0) is 24.3 Å². The van der Waals surface area contributed by atoms with E-state index in [1.54, 1.807) is 19.4 Å². The highest BCUT2D eigenvalue weighted by molar-refractivity contribution is 5.95. The van der Waals surface area contributed by atoms with Crippen molar-refractivity contribution in [3.63, 3.8) is 0 Å². The molecule has 0 amide bonds. The molecule has 4 aromatic rings. The van der Waals surface area contributed by atoms with Crippen molar-refractivity contribution in [2.75, 3.05) is 0 Å². The second-order valence-corrected chi connectivity index (χ2v) is 4.73. The van der Waals surface area contributed by atoms with E-state index in [9.17, 15) is 0 Å². The molecular formula is C16H11N3O2. The highest BCUT2D eigenvalue weighted by atomic mass is 16.4. The highest BCUT2D eigenvalue weighted by Crippen LogP contribution is 2.33. The van der Waals surface area contributed by atoms with Gasteiger partial charge in [0.05, 0.1) is 6.26 Å². The van der Waals surface area contributed by atoms with Gasteiger partial charge in [0.25, 0.3) is 0 Å². The maximum absolute atomic E-state index is 5.61. The second-order valence-electron chi connectivity index (χ2n) is 4.73. The summed E-state index contributed by atoms with van der Waals surface area (Å²) in [5.74, 6) is 1.05. The van der Waals surface area contributed by atoms with Crippen LogP contribution >= 0.6 is 0 Å². The van der Waals surface area contributed by atoms with E-state index in [-0.39, 0.29) is 0 Å². The van der Waals surface area contributed by atoms with Crippen molar-refractivity contribution in [3.05, 3.63) is 54.9 Å². The second kappa shape index (κ2) is 4.56. The van der Waals surface area contributed by atoms with E-state index in [0.717, 1.165) is 27.7 Å². The van der Waals surface area contributed by atoms with Crippen molar-refractivity contribution in [1.29, 1.82) is 0 Å². The molecule has 0 unspecified atom stereocenters. The van der Waals surface area contributed by atoms with Crippen molar-refractivity contribution < 1.29 is 8.83 Å². The van der Waals surface area contributed by atoms with Crippen molar-refractivity contribution >= 4 is 11.0 Å². The van der Waals surface area contributed by atoms with E-state index in [1.807, 2.05) is 36.5 Å². The molecule has 3 aromatic heterocycles. The molecule has 0 saturated heterocycles. The van der Waals surface area contributed by atoms with Gasteiger partial charge in [-0.15, -0.1) is 10.2 Å². The Kier molecular flexibility index (Phi) is 2.57. The SMILES string of the molecule is Cc1nnc(-c2ccc3occ(-c4cccnc4)c3c2)o1. The number of hydrogen-bond donors (Lipinski definition) is 0. The average molecular weight is 277 g/mol. The first-order valence-corrected chi connectivity index (χ1v) is 6.53. The third kappa shape index (κ3) is 1.99. The number of aromatic nitrogens is 3. The molecule has 0 N–H and O–H groups in total. The topological polar surface area (TPSA) is 65.0 Å². The number of nitrogens with zero attached hydrogens (tertiary/aromatic N) is 3. The van der Waals surface area contributed by atoms with Gasteiger partial charge in [-0.25, -0.2) is 0 Å². The molecule has 3 heterocycles. The van der Waals surface area contributed by atoms with E-state index >= 15 is 0 Å². The lowest BCUT2D eigenvalue weighted by Crippen LogP contribution is -1.80. The monoisotopic (exact) mass is 277 g/mol. The third-order valence-electron chi connectivity index (χ3n) is 3.32. The van der Waals surface area contributed by atoms with Crippen molar-refractivity contribution in [3.8, 4) is 22.6 Å². The van der Waals surface area contributed by atoms with Gasteiger partial charge < -0.3 is 8.83 Å². The van der Waals surface area contributed by atoms with Crippen LogP contribution in [0.4, 0.5) is 0 Å². The molecule has 4 rings (SSSR count). The van der Waals surface area contributed by atoms with Crippen LogP contribution in [0.15, 0.2) is 57.8 Å². The fourth-order valence-electron chi connectivity index (χ4n) is 2.32. The third-order valence-corrected chi connectivity index (χ3v) is 3.32. The Labute approximate surface area is 120 Å². The van der Waals surface area contributed by atoms with Crippen LogP contribution in [-0.4, -0.2) is 15.2 Å². The number of fused-ring (bicyclic) bond motifs is 1. The number of benzene rings is 1. The number of furan rings is 1. The van der Waals surface area contributed by atoms with Gasteiger partial charge in [0.15, 0.2) is 0 Å². The molecule has 0 aliphatic carbocycles. The Morgan fingerprint density at radius 3 is 2.76 bits per heavy atom. The standard InChI is InChI=1S/C16H11N3O2/c1-10-18-19-16(21-10)11-4-5-15-13(7-11)14(9-20-15)12-3-2-6-17-8-12/h2-9H,1H3. The highest BCUT2D eigenvalue weighted by Gasteiger charge is 2.12. The lowest BCUT2D eigenvalue weighted by atomic mass is 10.0. The summed E-state index contributed by atoms with van der Waals surface area (Å²) in [7, 11) is 0. The molecule has 5 nitrogen and oxygen atoms in total. The Morgan fingerprint density at radius 2 is 2.00 bits per heavy atom. The summed E-state index contributed by atoms with van der Waals surface area (Å²) in [6.07, 6.45) is 5.30. The van der Waals surface area contributed by atoms with Crippen LogP contribution in [0.25, 0.3) is 33.6 Å². The summed E-state index contributed by atoms with van der Waals surface area (Å²) in [5, 5.41) is 8.91. The summed E-state index contributed by atoms with van der Waals surface area (Å²) in [6.45, 7) is 1.77. The summed E-state index contributed by atoms with van der Waals surface area (Å²) >= 11 is 0. The van der Waals surface area contributed by atoms with E-state index < -0.39 is 0 Å². The van der Waals surface area contributed by atoms with E-state index in [0.29, 0.717) is 11.8 Å². The van der Waals surface area contributed by atoms with E-state index in [4.69, 9.17) is 8.83 Å². The normalized spacial score (nSPS) is 11.1. The molecule has 5 heteroatoms. The first-order valence-electron chi connectivity index (χ1n) is 6.53. The van der Waals surface area contributed by atoms with Crippen molar-refractivity contribution in [2.45, 2.75) is 6.92 Å². The minimum absolute atomic E-state index is 0.507. The summed E-state index contributed by atoms with van der Waals surface area (Å²) in [5.41, 5.74) is 3.69. The van der Waals surface area contributed by atoms with Gasteiger partial charge in [0.2, 0.25) is 11.8 Å². The minimum Gasteiger partial charge on any atom is -0.464 e. The van der Waals surface area contributed by atoms with E-state index in [2.05, 4.69) is 15.2 Å². The maximum Gasteiger partial charge on any atom is 0.247 e. The lowest BCUT2D eigenvalue weighted by molar-refractivity contribution is 0.533. The summed E-state index contributed by atoms with van der Waals surface area (Å²) < 4.78 is 11.1. The van der Waals surface area contributed by atoms with Crippen LogP contribution in [0.2, 0.25) is 0 Å². The van der Waals surface area contributed by atoms with Gasteiger partial charge in [0.1, 0.15) is 5.58 Å². The molecule has 0 aliphatic rings. The zero-order valence-corrected chi connectivity index (χ0v) is 11.3. The molecule has 0 aliphatic heterocycles. The Hall–Kier alpha value is -2.95. The predicted molar refractivity (Wildman–Crippen MR) is 77.5 cm³/mol. The fourth-order valence-corrected chi connectivity index (χ4v) is 2.32. The van der Waals surface area contributed by atoms with Crippen molar-refractivity contribution in [1.82, 2.24) is 15.2 Å². The smallest absolute Gasteiger partial charge is 0.247 e. The molecule has 0 spiro atoms. The van der Waals surface area contributed by atoms with Gasteiger partial charge >= 0.3 is 0 Å². The average Bonchev–Trinajstić information content (AvgIpc) is 3.13. The molecule has 0 radical (unpaired) electrons. The predicted octanol–water partition coefficient (Wildman–Crippen LogP) is 3.85. The van der Waals surface area contributed by atoms with Gasteiger partial charge in [-0.2, -0.15) is 0 Å². The lowest BCUT2D eigenvalue weighted by Gasteiger charge is -1.99. The van der Waals surface area contributed by atoms with Gasteiger partial charge in [0, 0.05) is 41.4 Å². The molecule has 1 aromatic carbocycles. The Balaban J connectivity index is 1.90. The molecule has 0 fully saturated rings. The summed E-state index contributed by atoms with van der Waals surface area (Å²) in [4.78, 5) is 4.15. The molecule has 0 bridgehead atoms. The quantitative estimate of drug-likeness (QED) is 0.556. The number of aryl methyl sites for hydroxylation is 1. The van der Waals surface area contributed by atoms with Crippen LogP contribution < -0.4 is 0 Å². The van der Waals surface area contributed by atoms with E-state index in [1.165, 1.54) is 0 Å². The number of rotatable bonds is 2. The molecule has 0 saturated carbocycles. The number of hydrogen-bond acceptors (Lipinski definition) is 5. The Morgan fingerprint density at radius 1 is 1.05 bits per heavy atom. The number of pyridine rings is 1. The summed E-state index contributed by atoms with van der Waals surface area (Å²) in [6, 6.07) is 9.71. The Bertz CT molecular complexity index is 910. The van der Waals surface area contributed by atoms with Crippen LogP contribution in [0.5, 0.6) is 0 Å². The van der Waals surface area contributed by atoms with Crippen LogP contribution in [-0.2, 0) is 0 Å². The van der Waals surface area contributed by atoms with Crippen molar-refractivity contribution in [2.24, 2.45) is 0 Å². The zero-order valence-electron chi connectivity index (χ0n) is 11.3. The molecule has 0 atom stereocenters. The first kappa shape index (κ1) is 11.8.